The van der Waals surface area contributed by atoms with Gasteiger partial charge < -0.3 is 9.41 Å². The molecular formula is C30H34B2F8N2. The van der Waals surface area contributed by atoms with Crippen molar-refractivity contribution in [2.75, 3.05) is 0 Å². The molecule has 4 aromatic rings. The first kappa shape index (κ1) is 38.3. The van der Waals surface area contributed by atoms with Crippen molar-refractivity contribution >= 4 is 15.1 Å². The standard InChI is InChI=1S/C30H34N2.2BF3.2FH/c1-29(2,3)25-9-7-11-27(21-25)31-17-13-23(14-18-31)24-15-19-32(20-16-24)28-12-8-10-26(22-28)30(4,5)6;2*2-1(3)4;;/h7-22H,1-6H3;;;2*1H/q+2;;;;/p-2. The number of rotatable bonds is 3. The van der Waals surface area contributed by atoms with Gasteiger partial charge in [-0.05, 0) is 33.1 Å². The first-order chi connectivity index (χ1) is 18.6. The van der Waals surface area contributed by atoms with Crippen molar-refractivity contribution in [1.82, 2.24) is 0 Å². The Balaban J connectivity index is 0.00000150. The zero-order valence-electron chi connectivity index (χ0n) is 24.3. The molecule has 0 unspecified atom stereocenters. The Labute approximate surface area is 243 Å². The Bertz CT molecular complexity index is 1230. The van der Waals surface area contributed by atoms with Crippen molar-refractivity contribution in [2.45, 2.75) is 52.4 Å². The number of aromatic nitrogens is 2. The summed E-state index contributed by atoms with van der Waals surface area (Å²) >= 11 is 0. The van der Waals surface area contributed by atoms with E-state index in [1.165, 1.54) is 33.6 Å². The molecule has 0 aliphatic carbocycles. The lowest BCUT2D eigenvalue weighted by atomic mass is 9.87. The normalized spacial score (nSPS) is 10.5. The van der Waals surface area contributed by atoms with Crippen molar-refractivity contribution in [1.29, 1.82) is 0 Å². The summed E-state index contributed by atoms with van der Waals surface area (Å²) in [5, 5.41) is 0. The minimum atomic E-state index is -3.67. The molecule has 2 heterocycles. The van der Waals surface area contributed by atoms with E-state index in [1.807, 2.05) is 0 Å². The topological polar surface area (TPSA) is 7.76 Å². The number of halogens is 8. The Morgan fingerprint density at radius 1 is 0.476 bits per heavy atom. The van der Waals surface area contributed by atoms with Crippen LogP contribution in [0.15, 0.2) is 97.6 Å². The lowest BCUT2D eigenvalue weighted by Crippen LogP contribution is -3.00. The predicted molar refractivity (Wildman–Crippen MR) is 150 cm³/mol. The van der Waals surface area contributed by atoms with Crippen molar-refractivity contribution < 1.29 is 44.4 Å². The van der Waals surface area contributed by atoms with Crippen LogP contribution in [-0.2, 0) is 10.8 Å². The summed E-state index contributed by atoms with van der Waals surface area (Å²) in [7, 11) is -7.33. The maximum absolute atomic E-state index is 9.67. The van der Waals surface area contributed by atoms with E-state index in [1.54, 1.807) is 0 Å². The molecule has 0 aliphatic heterocycles. The van der Waals surface area contributed by atoms with Gasteiger partial charge in [0.05, 0.1) is 0 Å². The highest BCUT2D eigenvalue weighted by molar-refractivity contribution is 6.33. The van der Waals surface area contributed by atoms with Crippen LogP contribution >= 0.6 is 0 Å². The Morgan fingerprint density at radius 2 is 0.738 bits per heavy atom. The van der Waals surface area contributed by atoms with Crippen LogP contribution in [0.2, 0.25) is 0 Å². The highest BCUT2D eigenvalue weighted by Crippen LogP contribution is 2.24. The first-order valence-electron chi connectivity index (χ1n) is 12.7. The van der Waals surface area contributed by atoms with Gasteiger partial charge in [-0.1, -0.05) is 65.8 Å². The third-order valence-electron chi connectivity index (χ3n) is 6.01. The van der Waals surface area contributed by atoms with E-state index >= 15 is 0 Å². The average molecular weight is 596 g/mol. The molecule has 2 aromatic heterocycles. The molecule has 0 N–H and O–H groups in total. The molecule has 0 aliphatic rings. The third kappa shape index (κ3) is 12.4. The second-order valence-corrected chi connectivity index (χ2v) is 11.1. The number of pyridine rings is 2. The van der Waals surface area contributed by atoms with E-state index in [9.17, 15) is 25.9 Å². The van der Waals surface area contributed by atoms with E-state index in [0.717, 1.165) is 0 Å². The minimum Gasteiger partial charge on any atom is -1.00 e. The Morgan fingerprint density at radius 3 is 0.976 bits per heavy atom. The quantitative estimate of drug-likeness (QED) is 0.195. The smallest absolute Gasteiger partial charge is 0.762 e. The van der Waals surface area contributed by atoms with Crippen molar-refractivity contribution in [2.24, 2.45) is 0 Å². The SMILES string of the molecule is CC(C)(C)c1cccc(-[n+]2ccc(-c3cc[n+](-c4cccc(C(C)(C)C)c4)cc3)cc2)c1.FB(F)F.FB(F)F.[F-].[F-]. The second-order valence-electron chi connectivity index (χ2n) is 11.1. The van der Waals surface area contributed by atoms with Gasteiger partial charge >= 0.3 is 15.1 Å². The van der Waals surface area contributed by atoms with Crippen LogP contribution in [0, 0.1) is 0 Å². The Hall–Kier alpha value is -3.69. The number of benzene rings is 2. The van der Waals surface area contributed by atoms with Crippen molar-refractivity contribution in [3.63, 3.8) is 0 Å². The van der Waals surface area contributed by atoms with Gasteiger partial charge in [0, 0.05) is 48.5 Å². The Kier molecular flexibility index (Phi) is 15.2. The minimum absolute atomic E-state index is 0. The van der Waals surface area contributed by atoms with Crippen LogP contribution in [0.4, 0.5) is 25.9 Å². The number of hydrogen-bond acceptors (Lipinski definition) is 0. The van der Waals surface area contributed by atoms with Gasteiger partial charge in [0.25, 0.3) is 0 Å². The molecule has 0 bridgehead atoms. The molecule has 0 atom stereocenters. The van der Waals surface area contributed by atoms with Gasteiger partial charge in [-0.3, -0.25) is 25.9 Å². The van der Waals surface area contributed by atoms with Crippen molar-refractivity contribution in [3.05, 3.63) is 109 Å². The van der Waals surface area contributed by atoms with Gasteiger partial charge in [0.15, 0.2) is 24.8 Å². The lowest BCUT2D eigenvalue weighted by Gasteiger charge is -2.18. The van der Waals surface area contributed by atoms with E-state index in [2.05, 4.69) is 148 Å². The molecule has 226 valence electrons. The summed E-state index contributed by atoms with van der Waals surface area (Å²) in [5.41, 5.74) is 7.77. The van der Waals surface area contributed by atoms with Crippen LogP contribution < -0.4 is 18.5 Å². The summed E-state index contributed by atoms with van der Waals surface area (Å²) in [6.07, 6.45) is 8.58. The summed E-state index contributed by atoms with van der Waals surface area (Å²) in [5.74, 6) is 0. The molecule has 0 saturated heterocycles. The molecule has 2 nitrogen and oxygen atoms in total. The monoisotopic (exact) mass is 596 g/mol. The zero-order chi connectivity index (χ0) is 30.1. The van der Waals surface area contributed by atoms with Crippen LogP contribution in [0.25, 0.3) is 22.5 Å². The van der Waals surface area contributed by atoms with E-state index in [-0.39, 0.29) is 20.2 Å². The predicted octanol–water partition coefficient (Wildman–Crippen LogP) is 2.27. The molecule has 42 heavy (non-hydrogen) atoms. The summed E-state index contributed by atoms with van der Waals surface area (Å²) in [6, 6.07) is 26.3. The fraction of sp³-hybridized carbons (Fsp3) is 0.267. The molecule has 0 radical (unpaired) electrons. The van der Waals surface area contributed by atoms with Gasteiger partial charge in [0.2, 0.25) is 11.4 Å². The zero-order valence-corrected chi connectivity index (χ0v) is 24.3. The molecule has 0 fully saturated rings. The maximum atomic E-state index is 9.67. The van der Waals surface area contributed by atoms with Gasteiger partial charge in [-0.2, -0.15) is 9.13 Å². The summed E-state index contributed by atoms with van der Waals surface area (Å²) < 4.78 is 62.4. The summed E-state index contributed by atoms with van der Waals surface area (Å²) in [6.45, 7) is 13.5. The fourth-order valence-corrected chi connectivity index (χ4v) is 3.85. The molecule has 0 amide bonds. The van der Waals surface area contributed by atoms with E-state index in [4.69, 9.17) is 0 Å². The van der Waals surface area contributed by atoms with Gasteiger partial charge in [-0.15, -0.1) is 0 Å². The van der Waals surface area contributed by atoms with Crippen LogP contribution in [-0.4, -0.2) is 15.1 Å². The number of hydrogen-bond donors (Lipinski definition) is 0. The molecule has 0 spiro atoms. The maximum Gasteiger partial charge on any atom is 0.762 e. The first-order valence-corrected chi connectivity index (χ1v) is 12.7. The van der Waals surface area contributed by atoms with Gasteiger partial charge in [-0.25, -0.2) is 0 Å². The van der Waals surface area contributed by atoms with Gasteiger partial charge in [0.1, 0.15) is 0 Å². The number of nitrogens with zero attached hydrogens (tertiary/aromatic N) is 2. The molecule has 0 saturated carbocycles. The highest BCUT2D eigenvalue weighted by atomic mass is 19.4. The fourth-order valence-electron chi connectivity index (χ4n) is 3.85. The van der Waals surface area contributed by atoms with Crippen LogP contribution in [0.1, 0.15) is 52.7 Å². The largest absolute Gasteiger partial charge is 1.00 e. The lowest BCUT2D eigenvalue weighted by molar-refractivity contribution is -0.596. The molecule has 2 aromatic carbocycles. The van der Waals surface area contributed by atoms with Crippen LogP contribution in [0.3, 0.4) is 0 Å². The third-order valence-corrected chi connectivity index (χ3v) is 6.01. The van der Waals surface area contributed by atoms with Crippen LogP contribution in [0.5, 0.6) is 0 Å². The van der Waals surface area contributed by atoms with E-state index < -0.39 is 15.1 Å². The molecule has 4 rings (SSSR count). The molecule has 12 heteroatoms. The summed E-state index contributed by atoms with van der Waals surface area (Å²) in [4.78, 5) is 0. The van der Waals surface area contributed by atoms with E-state index in [0.29, 0.717) is 0 Å². The van der Waals surface area contributed by atoms with Crippen molar-refractivity contribution in [3.8, 4) is 22.5 Å². The highest BCUT2D eigenvalue weighted by Gasteiger charge is 2.18. The molecular weight excluding hydrogens is 562 g/mol. The average Bonchev–Trinajstić information content (AvgIpc) is 2.87. The second kappa shape index (κ2) is 16.7.